The number of rotatable bonds is 1. The summed E-state index contributed by atoms with van der Waals surface area (Å²) in [7, 11) is 0. The Morgan fingerprint density at radius 3 is 2.53 bits per heavy atom. The summed E-state index contributed by atoms with van der Waals surface area (Å²) in [5.74, 6) is -0.0273. The predicted octanol–water partition coefficient (Wildman–Crippen LogP) is 2.44. The molecule has 0 saturated heterocycles. The molecule has 0 saturated carbocycles. The van der Waals surface area contributed by atoms with E-state index in [9.17, 15) is 13.2 Å². The molecule has 0 aliphatic heterocycles. The highest BCUT2D eigenvalue weighted by Gasteiger charge is 2.37. The molecule has 0 unspecified atom stereocenters. The van der Waals surface area contributed by atoms with Gasteiger partial charge in [-0.1, -0.05) is 0 Å². The standard InChI is InChI=1S/C11H10F3N3/c12-11(13,14)10-7-3-1-2-4-8(7)16-9(17-10)5-6-15/h1-5H2. The van der Waals surface area contributed by atoms with E-state index in [0.717, 1.165) is 12.8 Å². The van der Waals surface area contributed by atoms with Crippen molar-refractivity contribution in [2.24, 2.45) is 0 Å². The van der Waals surface area contributed by atoms with E-state index in [1.54, 1.807) is 6.07 Å². The van der Waals surface area contributed by atoms with Crippen molar-refractivity contribution in [2.75, 3.05) is 0 Å². The van der Waals surface area contributed by atoms with Gasteiger partial charge in [-0.25, -0.2) is 9.97 Å². The molecule has 17 heavy (non-hydrogen) atoms. The molecule has 0 fully saturated rings. The van der Waals surface area contributed by atoms with Crippen molar-refractivity contribution in [2.45, 2.75) is 38.3 Å². The van der Waals surface area contributed by atoms with Gasteiger partial charge < -0.3 is 0 Å². The smallest absolute Gasteiger partial charge is 0.237 e. The summed E-state index contributed by atoms with van der Waals surface area (Å²) in [5, 5.41) is 8.51. The van der Waals surface area contributed by atoms with Crippen molar-refractivity contribution < 1.29 is 13.2 Å². The molecule has 0 radical (unpaired) electrons. The third-order valence-corrected chi connectivity index (χ3v) is 2.74. The van der Waals surface area contributed by atoms with Crippen LogP contribution in [0.3, 0.4) is 0 Å². The number of hydrogen-bond acceptors (Lipinski definition) is 3. The largest absolute Gasteiger partial charge is 0.433 e. The van der Waals surface area contributed by atoms with Gasteiger partial charge in [0.05, 0.1) is 12.5 Å². The van der Waals surface area contributed by atoms with Gasteiger partial charge in [-0.3, -0.25) is 0 Å². The van der Waals surface area contributed by atoms with Crippen molar-refractivity contribution in [1.29, 1.82) is 5.26 Å². The number of nitrogens with zero attached hydrogens (tertiary/aromatic N) is 3. The molecule has 0 atom stereocenters. The first-order chi connectivity index (χ1) is 8.02. The van der Waals surface area contributed by atoms with Gasteiger partial charge in [-0.05, 0) is 25.7 Å². The summed E-state index contributed by atoms with van der Waals surface area (Å²) in [6, 6.07) is 1.78. The number of halogens is 3. The molecule has 0 spiro atoms. The Hall–Kier alpha value is -1.64. The maximum atomic E-state index is 12.8. The third kappa shape index (κ3) is 2.38. The molecule has 2 rings (SSSR count). The number of alkyl halides is 3. The van der Waals surface area contributed by atoms with Crippen LogP contribution in [0.2, 0.25) is 0 Å². The van der Waals surface area contributed by atoms with E-state index < -0.39 is 11.9 Å². The van der Waals surface area contributed by atoms with Crippen LogP contribution in [0, 0.1) is 11.3 Å². The second-order valence-corrected chi connectivity index (χ2v) is 3.95. The second-order valence-electron chi connectivity index (χ2n) is 3.95. The zero-order chi connectivity index (χ0) is 12.5. The molecule has 1 aromatic heterocycles. The van der Waals surface area contributed by atoms with Crippen LogP contribution in [0.15, 0.2) is 0 Å². The van der Waals surface area contributed by atoms with Gasteiger partial charge in [0.1, 0.15) is 5.82 Å². The maximum Gasteiger partial charge on any atom is 0.433 e. The second kappa shape index (κ2) is 4.32. The molecule has 0 N–H and O–H groups in total. The summed E-state index contributed by atoms with van der Waals surface area (Å²) in [6.45, 7) is 0. The average Bonchev–Trinajstić information content (AvgIpc) is 2.27. The lowest BCUT2D eigenvalue weighted by Gasteiger charge is -2.19. The first-order valence-corrected chi connectivity index (χ1v) is 5.35. The van der Waals surface area contributed by atoms with E-state index >= 15 is 0 Å². The van der Waals surface area contributed by atoms with E-state index in [2.05, 4.69) is 9.97 Å². The van der Waals surface area contributed by atoms with Crippen LogP contribution in [-0.4, -0.2) is 9.97 Å². The molecule has 0 amide bonds. The average molecular weight is 241 g/mol. The van der Waals surface area contributed by atoms with Gasteiger partial charge >= 0.3 is 6.18 Å². The molecule has 1 aliphatic carbocycles. The van der Waals surface area contributed by atoms with Crippen LogP contribution in [0.4, 0.5) is 13.2 Å². The Bertz CT molecular complexity index is 474. The lowest BCUT2D eigenvalue weighted by atomic mass is 9.94. The van der Waals surface area contributed by atoms with Crippen LogP contribution in [0.5, 0.6) is 0 Å². The number of hydrogen-bond donors (Lipinski definition) is 0. The number of nitriles is 1. The highest BCUT2D eigenvalue weighted by Crippen LogP contribution is 2.34. The van der Waals surface area contributed by atoms with E-state index in [1.807, 2.05) is 0 Å². The summed E-state index contributed by atoms with van der Waals surface area (Å²) in [6.07, 6.45) is -2.16. The van der Waals surface area contributed by atoms with Crippen molar-refractivity contribution in [1.82, 2.24) is 9.97 Å². The molecule has 1 heterocycles. The molecule has 6 heteroatoms. The van der Waals surface area contributed by atoms with E-state index in [1.165, 1.54) is 0 Å². The zero-order valence-corrected chi connectivity index (χ0v) is 9.01. The van der Waals surface area contributed by atoms with E-state index in [0.29, 0.717) is 18.5 Å². The molecular weight excluding hydrogens is 231 g/mol. The highest BCUT2D eigenvalue weighted by molar-refractivity contribution is 5.30. The Labute approximate surface area is 96.3 Å². The SMILES string of the molecule is N#CCc1nc2c(c(C(F)(F)F)n1)CCCC2. The maximum absolute atomic E-state index is 12.8. The molecular formula is C11H10F3N3. The van der Waals surface area contributed by atoms with Gasteiger partial charge in [0.15, 0.2) is 5.69 Å². The van der Waals surface area contributed by atoms with Gasteiger partial charge in [0.25, 0.3) is 0 Å². The first-order valence-electron chi connectivity index (χ1n) is 5.35. The summed E-state index contributed by atoms with van der Waals surface area (Å²) in [5.41, 5.74) is -0.179. The Morgan fingerprint density at radius 2 is 1.88 bits per heavy atom. The van der Waals surface area contributed by atoms with Gasteiger partial charge in [0, 0.05) is 11.3 Å². The fraction of sp³-hybridized carbons (Fsp3) is 0.545. The molecule has 1 aliphatic rings. The lowest BCUT2D eigenvalue weighted by molar-refractivity contribution is -0.142. The van der Waals surface area contributed by atoms with E-state index in [-0.39, 0.29) is 17.8 Å². The van der Waals surface area contributed by atoms with Gasteiger partial charge in [0.2, 0.25) is 0 Å². The summed E-state index contributed by atoms with van der Waals surface area (Å²) in [4.78, 5) is 7.53. The fourth-order valence-corrected chi connectivity index (χ4v) is 2.03. The Kier molecular flexibility index (Phi) is 3.01. The van der Waals surface area contributed by atoms with Crippen LogP contribution in [-0.2, 0) is 25.4 Å². The number of aryl methyl sites for hydroxylation is 1. The van der Waals surface area contributed by atoms with Crippen molar-refractivity contribution in [3.63, 3.8) is 0 Å². The zero-order valence-electron chi connectivity index (χ0n) is 9.01. The number of fused-ring (bicyclic) bond motifs is 1. The third-order valence-electron chi connectivity index (χ3n) is 2.74. The molecule has 90 valence electrons. The van der Waals surface area contributed by atoms with E-state index in [4.69, 9.17) is 5.26 Å². The van der Waals surface area contributed by atoms with Crippen molar-refractivity contribution >= 4 is 0 Å². The quantitative estimate of drug-likeness (QED) is 0.758. The minimum absolute atomic E-state index is 0.0273. The van der Waals surface area contributed by atoms with Crippen LogP contribution in [0.1, 0.15) is 35.6 Å². The van der Waals surface area contributed by atoms with Crippen LogP contribution >= 0.6 is 0 Å². The first kappa shape index (κ1) is 11.8. The van der Waals surface area contributed by atoms with Crippen molar-refractivity contribution in [3.8, 4) is 6.07 Å². The minimum atomic E-state index is -4.46. The highest BCUT2D eigenvalue weighted by atomic mass is 19.4. The summed E-state index contributed by atoms with van der Waals surface area (Å²) < 4.78 is 38.5. The topological polar surface area (TPSA) is 49.6 Å². The Morgan fingerprint density at radius 1 is 1.18 bits per heavy atom. The molecule has 0 aromatic carbocycles. The Balaban J connectivity index is 2.55. The normalized spacial score (nSPS) is 15.2. The molecule has 0 bridgehead atoms. The summed E-state index contributed by atoms with van der Waals surface area (Å²) >= 11 is 0. The predicted molar refractivity (Wildman–Crippen MR) is 53.0 cm³/mol. The number of aromatic nitrogens is 2. The van der Waals surface area contributed by atoms with Crippen LogP contribution < -0.4 is 0 Å². The monoisotopic (exact) mass is 241 g/mol. The van der Waals surface area contributed by atoms with Crippen molar-refractivity contribution in [3.05, 3.63) is 22.8 Å². The van der Waals surface area contributed by atoms with Gasteiger partial charge in [-0.15, -0.1) is 0 Å². The fourth-order valence-electron chi connectivity index (χ4n) is 2.03. The lowest BCUT2D eigenvalue weighted by Crippen LogP contribution is -2.20. The van der Waals surface area contributed by atoms with Crippen LogP contribution in [0.25, 0.3) is 0 Å². The molecule has 3 nitrogen and oxygen atoms in total. The minimum Gasteiger partial charge on any atom is -0.237 e. The van der Waals surface area contributed by atoms with Gasteiger partial charge in [-0.2, -0.15) is 18.4 Å². The molecule has 1 aromatic rings.